The lowest BCUT2D eigenvalue weighted by molar-refractivity contribution is -0.125. The third-order valence-electron chi connectivity index (χ3n) is 6.95. The van der Waals surface area contributed by atoms with Crippen molar-refractivity contribution < 1.29 is 9.59 Å². The highest BCUT2D eigenvalue weighted by Gasteiger charge is 2.40. The van der Waals surface area contributed by atoms with E-state index in [2.05, 4.69) is 10.2 Å². The number of likely N-dealkylation sites (tertiary alicyclic amines) is 2. The summed E-state index contributed by atoms with van der Waals surface area (Å²) in [6, 6.07) is 3.44. The smallest absolute Gasteiger partial charge is 0.264 e. The Morgan fingerprint density at radius 2 is 1.79 bits per heavy atom. The molecule has 1 aromatic heterocycles. The van der Waals surface area contributed by atoms with E-state index in [0.717, 1.165) is 24.3 Å². The van der Waals surface area contributed by atoms with Crippen molar-refractivity contribution in [2.45, 2.75) is 75.8 Å². The van der Waals surface area contributed by atoms with Crippen LogP contribution in [0.5, 0.6) is 0 Å². The maximum absolute atomic E-state index is 13.1. The Kier molecular flexibility index (Phi) is 6.36. The number of rotatable bonds is 5. The normalized spacial score (nSPS) is 25.6. The molecule has 1 aromatic rings. The van der Waals surface area contributed by atoms with E-state index in [1.54, 1.807) is 4.90 Å². The molecular formula is C22H33N3O2S. The molecule has 2 aliphatic heterocycles. The van der Waals surface area contributed by atoms with E-state index < -0.39 is 0 Å². The lowest BCUT2D eigenvalue weighted by Gasteiger charge is -2.48. The second-order valence-electron chi connectivity index (χ2n) is 8.68. The van der Waals surface area contributed by atoms with E-state index in [1.165, 1.54) is 75.8 Å². The van der Waals surface area contributed by atoms with Crippen molar-refractivity contribution in [1.29, 1.82) is 0 Å². The molecule has 0 spiro atoms. The standard InChI is InChI=1S/C22H33N3O2S/c26-20(18-9-7-15-25(18)21(27)19-10-8-16-28-19)23-17-22(11-3-1-4-12-22)24-13-5-2-6-14-24/h8,10,16,18H,1-7,9,11-15,17H2,(H,23,26). The SMILES string of the molecule is O=C(NCC1(N2CCCCC2)CCCCC1)C1CCCN1C(=O)c1cccs1. The van der Waals surface area contributed by atoms with E-state index in [4.69, 9.17) is 0 Å². The van der Waals surface area contributed by atoms with Crippen LogP contribution in [0.15, 0.2) is 17.5 Å². The lowest BCUT2D eigenvalue weighted by atomic mass is 9.79. The van der Waals surface area contributed by atoms with Gasteiger partial charge < -0.3 is 10.2 Å². The number of nitrogens with one attached hydrogen (secondary N) is 1. The van der Waals surface area contributed by atoms with Crippen LogP contribution in [0.4, 0.5) is 0 Å². The molecule has 0 bridgehead atoms. The van der Waals surface area contributed by atoms with Gasteiger partial charge in [0.15, 0.2) is 0 Å². The van der Waals surface area contributed by atoms with Crippen molar-refractivity contribution in [2.75, 3.05) is 26.2 Å². The molecule has 154 valence electrons. The molecule has 5 nitrogen and oxygen atoms in total. The second-order valence-corrected chi connectivity index (χ2v) is 9.63. The quantitative estimate of drug-likeness (QED) is 0.816. The Hall–Kier alpha value is -1.40. The van der Waals surface area contributed by atoms with Crippen LogP contribution in [0.1, 0.15) is 73.9 Å². The Bertz CT molecular complexity index is 663. The Morgan fingerprint density at radius 1 is 1.04 bits per heavy atom. The summed E-state index contributed by atoms with van der Waals surface area (Å²) in [5.41, 5.74) is 0.134. The van der Waals surface area contributed by atoms with Crippen LogP contribution in [-0.2, 0) is 4.79 Å². The van der Waals surface area contributed by atoms with Gasteiger partial charge in [0.05, 0.1) is 4.88 Å². The first kappa shape index (κ1) is 19.9. The first-order valence-electron chi connectivity index (χ1n) is 11.1. The number of hydrogen-bond donors (Lipinski definition) is 1. The first-order valence-corrected chi connectivity index (χ1v) is 11.9. The van der Waals surface area contributed by atoms with Crippen molar-refractivity contribution in [3.05, 3.63) is 22.4 Å². The molecule has 2 amide bonds. The van der Waals surface area contributed by atoms with Gasteiger partial charge in [-0.1, -0.05) is 31.7 Å². The van der Waals surface area contributed by atoms with Crippen LogP contribution in [0, 0.1) is 0 Å². The highest BCUT2D eigenvalue weighted by Crippen LogP contribution is 2.35. The zero-order valence-corrected chi connectivity index (χ0v) is 17.6. The molecule has 1 saturated carbocycles. The van der Waals surface area contributed by atoms with E-state index in [9.17, 15) is 9.59 Å². The zero-order valence-electron chi connectivity index (χ0n) is 16.8. The maximum atomic E-state index is 13.1. The van der Waals surface area contributed by atoms with Crippen LogP contribution >= 0.6 is 11.3 Å². The van der Waals surface area contributed by atoms with Crippen LogP contribution in [-0.4, -0.2) is 59.4 Å². The van der Waals surface area contributed by atoms with Gasteiger partial charge in [-0.3, -0.25) is 14.5 Å². The topological polar surface area (TPSA) is 52.7 Å². The third kappa shape index (κ3) is 4.13. The monoisotopic (exact) mass is 403 g/mol. The van der Waals surface area contributed by atoms with Crippen molar-refractivity contribution in [1.82, 2.24) is 15.1 Å². The highest BCUT2D eigenvalue weighted by atomic mass is 32.1. The third-order valence-corrected chi connectivity index (χ3v) is 7.81. The van der Waals surface area contributed by atoms with E-state index in [-0.39, 0.29) is 23.4 Å². The molecule has 0 radical (unpaired) electrons. The molecule has 3 heterocycles. The fourth-order valence-corrected chi connectivity index (χ4v) is 6.06. The first-order chi connectivity index (χ1) is 13.7. The number of amides is 2. The summed E-state index contributed by atoms with van der Waals surface area (Å²) in [6.45, 7) is 3.76. The Balaban J connectivity index is 1.40. The Morgan fingerprint density at radius 3 is 2.50 bits per heavy atom. The van der Waals surface area contributed by atoms with Crippen molar-refractivity contribution in [2.24, 2.45) is 0 Å². The maximum Gasteiger partial charge on any atom is 0.264 e. The van der Waals surface area contributed by atoms with Crippen molar-refractivity contribution in [3.63, 3.8) is 0 Å². The second kappa shape index (κ2) is 8.95. The molecule has 1 aliphatic carbocycles. The number of nitrogens with zero attached hydrogens (tertiary/aromatic N) is 2. The predicted octanol–water partition coefficient (Wildman–Crippen LogP) is 3.66. The molecular weight excluding hydrogens is 370 g/mol. The molecule has 4 rings (SSSR count). The molecule has 1 unspecified atom stereocenters. The van der Waals surface area contributed by atoms with Gasteiger partial charge in [0, 0.05) is 18.6 Å². The number of hydrogen-bond acceptors (Lipinski definition) is 4. The molecule has 3 fully saturated rings. The van der Waals surface area contributed by atoms with Crippen LogP contribution in [0.25, 0.3) is 0 Å². The summed E-state index contributed by atoms with van der Waals surface area (Å²) >= 11 is 1.46. The van der Waals surface area contributed by atoms with Crippen molar-refractivity contribution >= 4 is 23.2 Å². The Labute approximate surface area is 172 Å². The van der Waals surface area contributed by atoms with Gasteiger partial charge in [0.2, 0.25) is 5.91 Å². The van der Waals surface area contributed by atoms with Gasteiger partial charge in [-0.2, -0.15) is 0 Å². The average molecular weight is 404 g/mol. The molecule has 1 atom stereocenters. The van der Waals surface area contributed by atoms with E-state index in [1.807, 2.05) is 17.5 Å². The number of piperidine rings is 1. The molecule has 1 N–H and O–H groups in total. The van der Waals surface area contributed by atoms with Gasteiger partial charge in [-0.05, 0) is 63.1 Å². The van der Waals surface area contributed by atoms with Crippen LogP contribution < -0.4 is 5.32 Å². The number of carbonyl (C=O) groups is 2. The fraction of sp³-hybridized carbons (Fsp3) is 0.727. The largest absolute Gasteiger partial charge is 0.352 e. The summed E-state index contributed by atoms with van der Waals surface area (Å²) in [5.74, 6) is 0.0559. The minimum absolute atomic E-state index is 0.0102. The summed E-state index contributed by atoms with van der Waals surface area (Å²) in [7, 11) is 0. The van der Waals surface area contributed by atoms with E-state index in [0.29, 0.717) is 6.54 Å². The summed E-state index contributed by atoms with van der Waals surface area (Å²) in [4.78, 5) is 31.1. The highest BCUT2D eigenvalue weighted by molar-refractivity contribution is 7.12. The fourth-order valence-electron chi connectivity index (χ4n) is 5.38. The van der Waals surface area contributed by atoms with E-state index >= 15 is 0 Å². The minimum atomic E-state index is -0.309. The summed E-state index contributed by atoms with van der Waals surface area (Å²) < 4.78 is 0. The lowest BCUT2D eigenvalue weighted by Crippen LogP contribution is -2.59. The van der Waals surface area contributed by atoms with Gasteiger partial charge in [-0.25, -0.2) is 0 Å². The van der Waals surface area contributed by atoms with Crippen LogP contribution in [0.2, 0.25) is 0 Å². The summed E-state index contributed by atoms with van der Waals surface area (Å²) in [5, 5.41) is 5.21. The number of carbonyl (C=O) groups excluding carboxylic acids is 2. The zero-order chi connectivity index (χ0) is 19.4. The number of thiophene rings is 1. The average Bonchev–Trinajstić information content (AvgIpc) is 3.45. The van der Waals surface area contributed by atoms with Gasteiger partial charge >= 0.3 is 0 Å². The van der Waals surface area contributed by atoms with Crippen LogP contribution in [0.3, 0.4) is 0 Å². The van der Waals surface area contributed by atoms with Gasteiger partial charge in [0.25, 0.3) is 5.91 Å². The van der Waals surface area contributed by atoms with Gasteiger partial charge in [-0.15, -0.1) is 11.3 Å². The van der Waals surface area contributed by atoms with Crippen molar-refractivity contribution in [3.8, 4) is 0 Å². The minimum Gasteiger partial charge on any atom is -0.352 e. The van der Waals surface area contributed by atoms with Gasteiger partial charge in [0.1, 0.15) is 6.04 Å². The molecule has 0 aromatic carbocycles. The molecule has 2 saturated heterocycles. The molecule has 3 aliphatic rings. The molecule has 6 heteroatoms. The summed E-state index contributed by atoms with van der Waals surface area (Å²) in [6.07, 6.45) is 11.8. The predicted molar refractivity (Wildman–Crippen MR) is 113 cm³/mol. The molecule has 28 heavy (non-hydrogen) atoms.